The molecule has 0 spiro atoms. The van der Waals surface area contributed by atoms with E-state index in [1.807, 2.05) is 24.5 Å². The third kappa shape index (κ3) is 6.93. The van der Waals surface area contributed by atoms with Crippen LogP contribution >= 0.6 is 0 Å². The van der Waals surface area contributed by atoms with Crippen molar-refractivity contribution in [2.45, 2.75) is 110 Å². The number of fused-ring (bicyclic) bond motifs is 1. The molecule has 39 heavy (non-hydrogen) atoms. The van der Waals surface area contributed by atoms with Crippen LogP contribution in [-0.2, 0) is 29.0 Å². The molecule has 3 aliphatic rings. The van der Waals surface area contributed by atoms with Crippen LogP contribution in [0.5, 0.6) is 0 Å². The van der Waals surface area contributed by atoms with Crippen LogP contribution in [0.1, 0.15) is 107 Å². The van der Waals surface area contributed by atoms with Crippen molar-refractivity contribution in [2.24, 2.45) is 11.8 Å². The Bertz CT molecular complexity index is 1110. The first-order chi connectivity index (χ1) is 18.6. The SMILES string of the molecule is CC(C)C(=O)N1CCN(C(=O)C(C)(C)NC(=O)c2cc3c(n(CC4CCCCC4)c2=O)CCCCCC3)CC1. The molecule has 1 aromatic heterocycles. The lowest BCUT2D eigenvalue weighted by Gasteiger charge is -2.39. The quantitative estimate of drug-likeness (QED) is 0.592. The van der Waals surface area contributed by atoms with Gasteiger partial charge in [-0.25, -0.2) is 0 Å². The zero-order valence-electron chi connectivity index (χ0n) is 24.5. The van der Waals surface area contributed by atoms with Gasteiger partial charge in [0.2, 0.25) is 11.8 Å². The maximum atomic E-state index is 13.8. The summed E-state index contributed by atoms with van der Waals surface area (Å²) in [5.41, 5.74) is 0.989. The summed E-state index contributed by atoms with van der Waals surface area (Å²) in [6, 6.07) is 1.81. The van der Waals surface area contributed by atoms with Gasteiger partial charge < -0.3 is 19.7 Å². The molecule has 1 saturated carbocycles. The average molecular weight is 541 g/mol. The average Bonchev–Trinajstić information content (AvgIpc) is 2.90. The van der Waals surface area contributed by atoms with Crippen molar-refractivity contribution in [2.75, 3.05) is 26.2 Å². The Labute approximate surface area is 233 Å². The summed E-state index contributed by atoms with van der Waals surface area (Å²) in [5, 5.41) is 2.90. The second-order valence-electron chi connectivity index (χ2n) is 12.7. The first kappa shape index (κ1) is 29.3. The van der Waals surface area contributed by atoms with Crippen LogP contribution in [0.4, 0.5) is 0 Å². The molecule has 0 aromatic carbocycles. The molecule has 1 aromatic rings. The third-order valence-corrected chi connectivity index (χ3v) is 8.84. The Balaban J connectivity index is 1.53. The number of nitrogens with one attached hydrogen (secondary N) is 1. The number of rotatable bonds is 6. The molecule has 0 unspecified atom stereocenters. The monoisotopic (exact) mass is 540 g/mol. The van der Waals surface area contributed by atoms with Crippen molar-refractivity contribution in [3.63, 3.8) is 0 Å². The van der Waals surface area contributed by atoms with Gasteiger partial charge in [0.1, 0.15) is 11.1 Å². The lowest BCUT2D eigenvalue weighted by molar-refractivity contribution is -0.144. The predicted molar refractivity (Wildman–Crippen MR) is 153 cm³/mol. The first-order valence-corrected chi connectivity index (χ1v) is 15.2. The normalized spacial score (nSPS) is 19.3. The van der Waals surface area contributed by atoms with Crippen LogP contribution in [0.15, 0.2) is 10.9 Å². The minimum Gasteiger partial charge on any atom is -0.339 e. The second-order valence-corrected chi connectivity index (χ2v) is 12.7. The second kappa shape index (κ2) is 12.7. The number of carbonyl (C=O) groups is 3. The molecule has 0 radical (unpaired) electrons. The maximum absolute atomic E-state index is 13.8. The molecule has 1 aliphatic heterocycles. The molecule has 4 rings (SSSR count). The van der Waals surface area contributed by atoms with Crippen LogP contribution in [0.3, 0.4) is 0 Å². The van der Waals surface area contributed by atoms with Gasteiger partial charge >= 0.3 is 0 Å². The molecule has 216 valence electrons. The number of aromatic nitrogens is 1. The number of piperazine rings is 1. The van der Waals surface area contributed by atoms with Crippen LogP contribution in [0.25, 0.3) is 0 Å². The number of aryl methyl sites for hydroxylation is 1. The van der Waals surface area contributed by atoms with Crippen molar-refractivity contribution in [3.8, 4) is 0 Å². The summed E-state index contributed by atoms with van der Waals surface area (Å²) in [5.74, 6) is -0.174. The molecule has 2 heterocycles. The van der Waals surface area contributed by atoms with E-state index in [0.29, 0.717) is 38.6 Å². The van der Waals surface area contributed by atoms with Crippen molar-refractivity contribution >= 4 is 17.7 Å². The van der Waals surface area contributed by atoms with Gasteiger partial charge in [-0.15, -0.1) is 0 Å². The molecule has 0 bridgehead atoms. The number of hydrogen-bond donors (Lipinski definition) is 1. The number of carbonyl (C=O) groups excluding carboxylic acids is 3. The molecule has 0 atom stereocenters. The van der Waals surface area contributed by atoms with Gasteiger partial charge in [0, 0.05) is 44.3 Å². The van der Waals surface area contributed by atoms with Crippen molar-refractivity contribution in [3.05, 3.63) is 33.2 Å². The summed E-state index contributed by atoms with van der Waals surface area (Å²) in [4.78, 5) is 56.8. The Morgan fingerprint density at radius 1 is 0.897 bits per heavy atom. The third-order valence-electron chi connectivity index (χ3n) is 8.84. The van der Waals surface area contributed by atoms with E-state index in [4.69, 9.17) is 0 Å². The summed E-state index contributed by atoms with van der Waals surface area (Å²) >= 11 is 0. The van der Waals surface area contributed by atoms with Crippen molar-refractivity contribution in [1.29, 1.82) is 0 Å². The van der Waals surface area contributed by atoms with Crippen molar-refractivity contribution in [1.82, 2.24) is 19.7 Å². The Hall–Kier alpha value is -2.64. The molecule has 1 saturated heterocycles. The van der Waals surface area contributed by atoms with E-state index >= 15 is 0 Å². The van der Waals surface area contributed by atoms with E-state index in [0.717, 1.165) is 49.8 Å². The van der Waals surface area contributed by atoms with E-state index < -0.39 is 11.4 Å². The number of nitrogens with zero attached hydrogens (tertiary/aromatic N) is 3. The topological polar surface area (TPSA) is 91.7 Å². The standard InChI is InChI=1S/C31H48N4O4/c1-22(2)28(37)33-16-18-34(19-17-33)30(39)31(3,4)32-27(36)25-20-24-14-10-5-6-11-15-26(24)35(29(25)38)21-23-12-8-7-9-13-23/h20,22-23H,5-19,21H2,1-4H3,(H,32,36). The van der Waals surface area contributed by atoms with Crippen LogP contribution in [0.2, 0.25) is 0 Å². The van der Waals surface area contributed by atoms with Crippen molar-refractivity contribution < 1.29 is 14.4 Å². The molecule has 8 nitrogen and oxygen atoms in total. The van der Waals surface area contributed by atoms with Gasteiger partial charge in [-0.05, 0) is 69.9 Å². The van der Waals surface area contributed by atoms with Crippen LogP contribution in [-0.4, -0.2) is 63.8 Å². The molecule has 2 fully saturated rings. The Morgan fingerprint density at radius 2 is 1.49 bits per heavy atom. The number of pyridine rings is 1. The zero-order chi connectivity index (χ0) is 28.2. The minimum atomic E-state index is -1.17. The molecular weight excluding hydrogens is 492 g/mol. The molecule has 2 aliphatic carbocycles. The lowest BCUT2D eigenvalue weighted by atomic mass is 9.88. The minimum absolute atomic E-state index is 0.0737. The fourth-order valence-electron chi connectivity index (χ4n) is 6.51. The molecule has 8 heteroatoms. The van der Waals surface area contributed by atoms with E-state index in [1.165, 1.54) is 32.1 Å². The highest BCUT2D eigenvalue weighted by molar-refractivity contribution is 5.99. The van der Waals surface area contributed by atoms with Gasteiger partial charge in [0.25, 0.3) is 11.5 Å². The van der Waals surface area contributed by atoms with Crippen LogP contribution in [0, 0.1) is 11.8 Å². The Morgan fingerprint density at radius 3 is 2.13 bits per heavy atom. The lowest BCUT2D eigenvalue weighted by Crippen LogP contribution is -2.60. The molecule has 3 amide bonds. The first-order valence-electron chi connectivity index (χ1n) is 15.2. The molecule has 1 N–H and O–H groups in total. The predicted octanol–water partition coefficient (Wildman–Crippen LogP) is 3.92. The maximum Gasteiger partial charge on any atom is 0.263 e. The smallest absolute Gasteiger partial charge is 0.263 e. The summed E-state index contributed by atoms with van der Waals surface area (Å²) in [6.07, 6.45) is 12.2. The summed E-state index contributed by atoms with van der Waals surface area (Å²) in [7, 11) is 0. The van der Waals surface area contributed by atoms with Gasteiger partial charge in [-0.1, -0.05) is 46.0 Å². The van der Waals surface area contributed by atoms with Gasteiger partial charge in [0.15, 0.2) is 0 Å². The molecular formula is C31H48N4O4. The fraction of sp³-hybridized carbons (Fsp3) is 0.742. The highest BCUT2D eigenvalue weighted by Gasteiger charge is 2.37. The van der Waals surface area contributed by atoms with E-state index in [2.05, 4.69) is 5.32 Å². The zero-order valence-corrected chi connectivity index (χ0v) is 24.5. The van der Waals surface area contributed by atoms with E-state index in [9.17, 15) is 19.2 Å². The van der Waals surface area contributed by atoms with Crippen LogP contribution < -0.4 is 10.9 Å². The highest BCUT2D eigenvalue weighted by Crippen LogP contribution is 2.27. The number of hydrogen-bond acceptors (Lipinski definition) is 4. The fourth-order valence-corrected chi connectivity index (χ4v) is 6.51. The largest absolute Gasteiger partial charge is 0.339 e. The van der Waals surface area contributed by atoms with Gasteiger partial charge in [0.05, 0.1) is 0 Å². The van der Waals surface area contributed by atoms with E-state index in [1.54, 1.807) is 23.6 Å². The Kier molecular flexibility index (Phi) is 9.55. The van der Waals surface area contributed by atoms with E-state index in [-0.39, 0.29) is 28.9 Å². The summed E-state index contributed by atoms with van der Waals surface area (Å²) in [6.45, 7) is 9.70. The summed E-state index contributed by atoms with van der Waals surface area (Å²) < 4.78 is 1.92. The number of amides is 3. The van der Waals surface area contributed by atoms with Gasteiger partial charge in [-0.3, -0.25) is 19.2 Å². The highest BCUT2D eigenvalue weighted by atomic mass is 16.2. The van der Waals surface area contributed by atoms with Gasteiger partial charge in [-0.2, -0.15) is 0 Å².